The maximum Gasteiger partial charge on any atom is 0.416 e. The van der Waals surface area contributed by atoms with Crippen LogP contribution in [0.2, 0.25) is 0 Å². The molecule has 0 radical (unpaired) electrons. The van der Waals surface area contributed by atoms with E-state index in [1.807, 2.05) is 6.92 Å². The predicted octanol–water partition coefficient (Wildman–Crippen LogP) is 6.53. The molecule has 0 bridgehead atoms. The number of hydrogen-bond donors (Lipinski definition) is 1. The van der Waals surface area contributed by atoms with Gasteiger partial charge in [0.2, 0.25) is 5.75 Å². The summed E-state index contributed by atoms with van der Waals surface area (Å²) in [6, 6.07) is 7.44. The Bertz CT molecular complexity index is 1200. The molecular weight excluding hydrogens is 451 g/mol. The number of ether oxygens (including phenoxy) is 2. The molecule has 182 valence electrons. The number of nitroso groups, excluding NO2 is 1. The first-order chi connectivity index (χ1) is 15.6. The summed E-state index contributed by atoms with van der Waals surface area (Å²) in [5, 5.41) is 10.9. The van der Waals surface area contributed by atoms with Crippen molar-refractivity contribution < 1.29 is 37.3 Å². The van der Waals surface area contributed by atoms with Crippen LogP contribution in [-0.4, -0.2) is 33.9 Å². The monoisotopic (exact) mass is 478 g/mol. The summed E-state index contributed by atoms with van der Waals surface area (Å²) < 4.78 is 51.2. The van der Waals surface area contributed by atoms with E-state index in [1.165, 1.54) is 6.07 Å². The highest BCUT2D eigenvalue weighted by Gasteiger charge is 2.47. The molecule has 3 rings (SSSR count). The van der Waals surface area contributed by atoms with Crippen LogP contribution in [0.15, 0.2) is 42.2 Å². The quantitative estimate of drug-likeness (QED) is 0.495. The molecule has 2 aromatic carbocycles. The first kappa shape index (κ1) is 25.4. The number of Topliss-reactive ketones (excluding diaryl/α,β-unsaturated/α-hetero) is 1. The van der Waals surface area contributed by atoms with Gasteiger partial charge in [-0.2, -0.15) is 13.2 Å². The van der Waals surface area contributed by atoms with Gasteiger partial charge >= 0.3 is 6.18 Å². The van der Waals surface area contributed by atoms with Crippen LogP contribution in [-0.2, 0) is 22.1 Å². The number of aryl methyl sites for hydroxylation is 1. The van der Waals surface area contributed by atoms with Gasteiger partial charge in [-0.05, 0) is 69.5 Å². The maximum atomic E-state index is 13.2. The van der Waals surface area contributed by atoms with Gasteiger partial charge in [0.05, 0.1) is 11.1 Å². The number of benzene rings is 2. The van der Waals surface area contributed by atoms with Crippen LogP contribution in [0.5, 0.6) is 11.5 Å². The van der Waals surface area contributed by atoms with Gasteiger partial charge < -0.3 is 14.6 Å². The highest BCUT2D eigenvalue weighted by molar-refractivity contribution is 6.26. The minimum Gasteiger partial charge on any atom is -0.508 e. The van der Waals surface area contributed by atoms with Crippen molar-refractivity contribution in [3.63, 3.8) is 0 Å². The average molecular weight is 478 g/mol. The average Bonchev–Trinajstić information content (AvgIpc) is 2.71. The van der Waals surface area contributed by atoms with Gasteiger partial charge in [0.25, 0.3) is 5.69 Å². The molecule has 0 saturated heterocycles. The maximum absolute atomic E-state index is 13.2. The van der Waals surface area contributed by atoms with Crippen LogP contribution < -0.4 is 4.74 Å². The number of alkyl halides is 3. The largest absolute Gasteiger partial charge is 0.508 e. The Labute approximate surface area is 195 Å². The van der Waals surface area contributed by atoms with E-state index in [4.69, 9.17) is 9.47 Å². The third kappa shape index (κ3) is 4.70. The Morgan fingerprint density at radius 1 is 1.06 bits per heavy atom. The fraction of sp³-hybridized carbons (Fsp3) is 0.400. The smallest absolute Gasteiger partial charge is 0.416 e. The molecule has 0 atom stereocenters. The molecule has 1 N–H and O–H groups in total. The summed E-state index contributed by atoms with van der Waals surface area (Å²) in [5.74, 6) is -0.535. The zero-order chi connectivity index (χ0) is 25.6. The predicted molar refractivity (Wildman–Crippen MR) is 120 cm³/mol. The zero-order valence-electron chi connectivity index (χ0n) is 19.8. The zero-order valence-corrected chi connectivity index (χ0v) is 19.8. The van der Waals surface area contributed by atoms with E-state index < -0.39 is 28.7 Å². The van der Waals surface area contributed by atoms with Crippen molar-refractivity contribution in [3.8, 4) is 11.5 Å². The molecular formula is C25H27F3NO5+. The number of hydrogen-bond acceptors (Lipinski definition) is 5. The normalized spacial score (nSPS) is 17.6. The number of ketones is 1. The molecule has 0 amide bonds. The van der Waals surface area contributed by atoms with Crippen molar-refractivity contribution in [3.05, 3.63) is 63.8 Å². The Morgan fingerprint density at radius 3 is 2.26 bits per heavy atom. The molecule has 1 aliphatic heterocycles. The number of halogens is 3. The third-order valence-electron chi connectivity index (χ3n) is 5.68. The lowest BCUT2D eigenvalue weighted by Crippen LogP contribution is -2.49. The number of aliphatic hydroxyl groups excluding tert-OH is 1. The standard InChI is InChI=1S/C25H26F3NO5/c1-7-14-8-10-16(33-19-11-9-15(25(26,27)28)12-18(19)29(6)32)13-17(14)20-21(30)23(2,3)34-24(4,5)22(20)31/h8-13H,7H2,1-6H3/p+1. The highest BCUT2D eigenvalue weighted by Crippen LogP contribution is 2.43. The summed E-state index contributed by atoms with van der Waals surface area (Å²) in [7, 11) is 1.07. The molecule has 2 aromatic rings. The third-order valence-corrected chi connectivity index (χ3v) is 5.68. The Hall–Kier alpha value is -3.20. The van der Waals surface area contributed by atoms with E-state index in [0.29, 0.717) is 18.1 Å². The van der Waals surface area contributed by atoms with Gasteiger partial charge in [0, 0.05) is 15.7 Å². The van der Waals surface area contributed by atoms with Crippen LogP contribution in [0, 0.1) is 4.91 Å². The van der Waals surface area contributed by atoms with E-state index in [-0.39, 0.29) is 33.3 Å². The fourth-order valence-electron chi connectivity index (χ4n) is 4.01. The summed E-state index contributed by atoms with van der Waals surface area (Å²) in [5.41, 5.74) is -2.33. The molecule has 0 saturated carbocycles. The SMILES string of the molecule is CCc1ccc(Oc2ccc(C(F)(F)F)cc2[N+](C)=O)cc1C1=C(O)C(C)(C)OC(C)(C)C1=O. The Kier molecular flexibility index (Phi) is 6.39. The Morgan fingerprint density at radius 2 is 1.71 bits per heavy atom. The number of carbonyl (C=O) groups excluding carboxylic acids is 1. The van der Waals surface area contributed by atoms with Crippen molar-refractivity contribution in [2.75, 3.05) is 7.05 Å². The topological polar surface area (TPSA) is 75.8 Å². The second-order valence-electron chi connectivity index (χ2n) is 9.13. The fourth-order valence-corrected chi connectivity index (χ4v) is 4.01. The molecule has 1 aliphatic rings. The van der Waals surface area contributed by atoms with Gasteiger partial charge in [0.15, 0.2) is 12.8 Å². The summed E-state index contributed by atoms with van der Waals surface area (Å²) >= 11 is 0. The van der Waals surface area contributed by atoms with Crippen molar-refractivity contribution in [2.45, 2.75) is 58.4 Å². The summed E-state index contributed by atoms with van der Waals surface area (Å²) in [6.45, 7) is 8.43. The number of nitrogens with zero attached hydrogens (tertiary/aromatic N) is 1. The van der Waals surface area contributed by atoms with Crippen LogP contribution in [0.1, 0.15) is 51.3 Å². The molecule has 1 heterocycles. The molecule has 0 aromatic heterocycles. The van der Waals surface area contributed by atoms with Gasteiger partial charge in [-0.15, -0.1) is 0 Å². The van der Waals surface area contributed by atoms with Gasteiger partial charge in [-0.3, -0.25) is 4.79 Å². The lowest BCUT2D eigenvalue weighted by Gasteiger charge is -2.40. The lowest BCUT2D eigenvalue weighted by atomic mass is 9.81. The van der Waals surface area contributed by atoms with Crippen molar-refractivity contribution >= 4 is 17.0 Å². The molecule has 0 spiro atoms. The second kappa shape index (κ2) is 8.54. The molecule has 0 aliphatic carbocycles. The Balaban J connectivity index is 2.14. The second-order valence-corrected chi connectivity index (χ2v) is 9.13. The number of aliphatic hydroxyl groups is 1. The molecule has 6 nitrogen and oxygen atoms in total. The minimum absolute atomic E-state index is 0.0853. The van der Waals surface area contributed by atoms with Crippen molar-refractivity contribution in [1.29, 1.82) is 0 Å². The first-order valence-corrected chi connectivity index (χ1v) is 10.7. The molecule has 0 fully saturated rings. The van der Waals surface area contributed by atoms with Crippen molar-refractivity contribution in [1.82, 2.24) is 0 Å². The first-order valence-electron chi connectivity index (χ1n) is 10.7. The van der Waals surface area contributed by atoms with E-state index in [0.717, 1.165) is 24.7 Å². The number of carbonyl (C=O) groups is 1. The van der Waals surface area contributed by atoms with Gasteiger partial charge in [-0.1, -0.05) is 13.0 Å². The van der Waals surface area contributed by atoms with Crippen LogP contribution >= 0.6 is 0 Å². The molecule has 9 heteroatoms. The highest BCUT2D eigenvalue weighted by atomic mass is 19.4. The van der Waals surface area contributed by atoms with Crippen LogP contribution in [0.3, 0.4) is 0 Å². The van der Waals surface area contributed by atoms with Crippen LogP contribution in [0.4, 0.5) is 18.9 Å². The number of rotatable bonds is 5. The van der Waals surface area contributed by atoms with E-state index in [1.54, 1.807) is 39.8 Å². The van der Waals surface area contributed by atoms with E-state index in [9.17, 15) is 28.0 Å². The van der Waals surface area contributed by atoms with Gasteiger partial charge in [-0.25, -0.2) is 0 Å². The molecule has 0 unspecified atom stereocenters. The lowest BCUT2D eigenvalue weighted by molar-refractivity contribution is -0.429. The van der Waals surface area contributed by atoms with Crippen LogP contribution in [0.25, 0.3) is 5.57 Å². The molecule has 34 heavy (non-hydrogen) atoms. The van der Waals surface area contributed by atoms with E-state index in [2.05, 4.69) is 0 Å². The minimum atomic E-state index is -4.62. The van der Waals surface area contributed by atoms with E-state index >= 15 is 0 Å². The van der Waals surface area contributed by atoms with Crippen molar-refractivity contribution in [2.24, 2.45) is 0 Å². The van der Waals surface area contributed by atoms with Gasteiger partial charge in [0.1, 0.15) is 22.7 Å². The summed E-state index contributed by atoms with van der Waals surface area (Å²) in [6.07, 6.45) is -4.08. The summed E-state index contributed by atoms with van der Waals surface area (Å²) in [4.78, 5) is 25.2.